The number of nitro benzene ring substituents is 1. The van der Waals surface area contributed by atoms with E-state index in [9.17, 15) is 14.9 Å². The minimum absolute atomic E-state index is 0.0549. The first-order valence-corrected chi connectivity index (χ1v) is 6.24. The number of halogens is 1. The lowest BCUT2D eigenvalue weighted by Crippen LogP contribution is -2.05. The van der Waals surface area contributed by atoms with E-state index in [-0.39, 0.29) is 5.69 Å². The van der Waals surface area contributed by atoms with Gasteiger partial charge in [0.2, 0.25) is 0 Å². The highest BCUT2D eigenvalue weighted by Crippen LogP contribution is 2.24. The number of aldehydes is 1. The minimum Gasteiger partial charge on any atom is -0.298 e. The van der Waals surface area contributed by atoms with Crippen LogP contribution < -0.4 is 0 Å². The summed E-state index contributed by atoms with van der Waals surface area (Å²) in [5, 5.41) is 15.2. The summed E-state index contributed by atoms with van der Waals surface area (Å²) < 4.78 is 1.66. The topological polar surface area (TPSA) is 78.0 Å². The Bertz CT molecular complexity index is 694. The van der Waals surface area contributed by atoms with Gasteiger partial charge in [-0.1, -0.05) is 11.6 Å². The maximum Gasteiger partial charge on any atom is 0.270 e. The zero-order chi connectivity index (χ0) is 14.9. The second kappa shape index (κ2) is 5.42. The van der Waals surface area contributed by atoms with Crippen LogP contribution in [0.1, 0.15) is 27.3 Å². The highest BCUT2D eigenvalue weighted by molar-refractivity contribution is 6.31. The quantitative estimate of drug-likeness (QED) is 0.493. The van der Waals surface area contributed by atoms with E-state index in [1.54, 1.807) is 24.6 Å². The lowest BCUT2D eigenvalue weighted by molar-refractivity contribution is -0.384. The summed E-state index contributed by atoms with van der Waals surface area (Å²) in [5.74, 6) is 0. The molecule has 0 saturated heterocycles. The van der Waals surface area contributed by atoms with Gasteiger partial charge in [-0.2, -0.15) is 5.10 Å². The molecule has 20 heavy (non-hydrogen) atoms. The summed E-state index contributed by atoms with van der Waals surface area (Å²) in [6, 6.07) is 4.30. The third-order valence-electron chi connectivity index (χ3n) is 3.12. The van der Waals surface area contributed by atoms with Crippen LogP contribution in [0, 0.1) is 24.0 Å². The monoisotopic (exact) mass is 293 g/mol. The molecule has 1 aromatic heterocycles. The number of hydrogen-bond donors (Lipinski definition) is 0. The summed E-state index contributed by atoms with van der Waals surface area (Å²) >= 11 is 6.04. The molecule has 0 saturated carbocycles. The number of carbonyl (C=O) groups is 1. The number of aromatic nitrogens is 2. The molecule has 0 aliphatic rings. The van der Waals surface area contributed by atoms with Crippen molar-refractivity contribution in [1.82, 2.24) is 9.78 Å². The van der Waals surface area contributed by atoms with Gasteiger partial charge in [0.15, 0.2) is 6.29 Å². The fourth-order valence-electron chi connectivity index (χ4n) is 1.97. The molecule has 0 aliphatic carbocycles. The van der Waals surface area contributed by atoms with Crippen molar-refractivity contribution < 1.29 is 9.72 Å². The molecular formula is C13H12ClN3O3. The van der Waals surface area contributed by atoms with Gasteiger partial charge in [-0.25, -0.2) is 0 Å². The molecule has 0 atom stereocenters. The van der Waals surface area contributed by atoms with E-state index in [4.69, 9.17) is 11.6 Å². The van der Waals surface area contributed by atoms with E-state index in [0.717, 1.165) is 12.0 Å². The smallest absolute Gasteiger partial charge is 0.270 e. The molecule has 0 fully saturated rings. The summed E-state index contributed by atoms with van der Waals surface area (Å²) in [4.78, 5) is 21.1. The first-order chi connectivity index (χ1) is 9.43. The molecule has 6 nitrogen and oxygen atoms in total. The molecule has 1 heterocycles. The molecule has 104 valence electrons. The lowest BCUT2D eigenvalue weighted by atomic mass is 10.2. The van der Waals surface area contributed by atoms with Crippen LogP contribution in [-0.2, 0) is 6.54 Å². The molecule has 2 aromatic rings. The normalized spacial score (nSPS) is 10.6. The number of non-ortho nitro benzene ring substituents is 1. The van der Waals surface area contributed by atoms with E-state index in [0.29, 0.717) is 28.4 Å². The van der Waals surface area contributed by atoms with Gasteiger partial charge in [0, 0.05) is 17.8 Å². The number of rotatable bonds is 4. The SMILES string of the molecule is Cc1nn(Cc2ccc([N+](=O)[O-])cc2Cl)c(C)c1C=O. The Balaban J connectivity index is 2.35. The van der Waals surface area contributed by atoms with Crippen molar-refractivity contribution in [2.75, 3.05) is 0 Å². The Kier molecular flexibility index (Phi) is 3.85. The molecule has 0 aliphatic heterocycles. The molecular weight excluding hydrogens is 282 g/mol. The zero-order valence-electron chi connectivity index (χ0n) is 11.0. The summed E-state index contributed by atoms with van der Waals surface area (Å²) in [6.07, 6.45) is 0.769. The van der Waals surface area contributed by atoms with Gasteiger partial charge in [0.05, 0.1) is 27.7 Å². The first kappa shape index (κ1) is 14.2. The molecule has 0 N–H and O–H groups in total. The van der Waals surface area contributed by atoms with E-state index in [2.05, 4.69) is 5.10 Å². The Morgan fingerprint density at radius 2 is 2.15 bits per heavy atom. The van der Waals surface area contributed by atoms with Gasteiger partial charge in [0.1, 0.15) is 0 Å². The molecule has 2 rings (SSSR count). The largest absolute Gasteiger partial charge is 0.298 e. The Labute approximate surface area is 120 Å². The van der Waals surface area contributed by atoms with Gasteiger partial charge in [-0.05, 0) is 25.5 Å². The van der Waals surface area contributed by atoms with Crippen LogP contribution in [0.15, 0.2) is 18.2 Å². The molecule has 0 amide bonds. The second-order valence-corrected chi connectivity index (χ2v) is 4.80. The third-order valence-corrected chi connectivity index (χ3v) is 3.47. The van der Waals surface area contributed by atoms with Crippen molar-refractivity contribution >= 4 is 23.6 Å². The van der Waals surface area contributed by atoms with E-state index in [1.807, 2.05) is 0 Å². The molecule has 1 aromatic carbocycles. The van der Waals surface area contributed by atoms with Crippen molar-refractivity contribution in [2.24, 2.45) is 0 Å². The lowest BCUT2D eigenvalue weighted by Gasteiger charge is -2.06. The Hall–Kier alpha value is -2.21. The summed E-state index contributed by atoms with van der Waals surface area (Å²) in [7, 11) is 0. The van der Waals surface area contributed by atoms with Crippen LogP contribution >= 0.6 is 11.6 Å². The van der Waals surface area contributed by atoms with Crippen LogP contribution in [-0.4, -0.2) is 21.0 Å². The number of hydrogen-bond acceptors (Lipinski definition) is 4. The molecule has 7 heteroatoms. The van der Waals surface area contributed by atoms with E-state index >= 15 is 0 Å². The van der Waals surface area contributed by atoms with Crippen molar-refractivity contribution in [3.05, 3.63) is 55.9 Å². The summed E-state index contributed by atoms with van der Waals surface area (Å²) in [5.41, 5.74) is 2.60. The minimum atomic E-state index is -0.497. The van der Waals surface area contributed by atoms with E-state index in [1.165, 1.54) is 12.1 Å². The fourth-order valence-corrected chi connectivity index (χ4v) is 2.21. The summed E-state index contributed by atoms with van der Waals surface area (Å²) in [6.45, 7) is 3.91. The number of carbonyl (C=O) groups excluding carboxylic acids is 1. The van der Waals surface area contributed by atoms with Gasteiger partial charge < -0.3 is 0 Å². The number of aryl methyl sites for hydroxylation is 1. The molecule has 0 unspecified atom stereocenters. The van der Waals surface area contributed by atoms with Gasteiger partial charge in [-0.3, -0.25) is 19.6 Å². The predicted octanol–water partition coefficient (Wildman–Crippen LogP) is 2.92. The van der Waals surface area contributed by atoms with Crippen molar-refractivity contribution in [3.8, 4) is 0 Å². The highest BCUT2D eigenvalue weighted by Gasteiger charge is 2.14. The molecule has 0 bridgehead atoms. The van der Waals surface area contributed by atoms with E-state index < -0.39 is 4.92 Å². The number of nitro groups is 1. The average Bonchev–Trinajstić information content (AvgIpc) is 2.66. The zero-order valence-corrected chi connectivity index (χ0v) is 11.7. The number of benzene rings is 1. The van der Waals surface area contributed by atoms with Crippen molar-refractivity contribution in [3.63, 3.8) is 0 Å². The van der Waals surface area contributed by atoms with Crippen molar-refractivity contribution in [2.45, 2.75) is 20.4 Å². The second-order valence-electron chi connectivity index (χ2n) is 4.39. The van der Waals surface area contributed by atoms with Crippen LogP contribution in [0.25, 0.3) is 0 Å². The predicted molar refractivity (Wildman–Crippen MR) is 74.3 cm³/mol. The van der Waals surface area contributed by atoms with Gasteiger partial charge in [0.25, 0.3) is 5.69 Å². The molecule has 0 spiro atoms. The highest BCUT2D eigenvalue weighted by atomic mass is 35.5. The van der Waals surface area contributed by atoms with Gasteiger partial charge >= 0.3 is 0 Å². The maximum atomic E-state index is 10.9. The average molecular weight is 294 g/mol. The van der Waals surface area contributed by atoms with Crippen LogP contribution in [0.5, 0.6) is 0 Å². The third kappa shape index (κ3) is 2.55. The van der Waals surface area contributed by atoms with Gasteiger partial charge in [-0.15, -0.1) is 0 Å². The standard InChI is InChI=1S/C13H12ClN3O3/c1-8-12(7-18)9(2)16(15-8)6-10-3-4-11(17(19)20)5-13(10)14/h3-5,7H,6H2,1-2H3. The van der Waals surface area contributed by atoms with Crippen LogP contribution in [0.4, 0.5) is 5.69 Å². The number of nitrogens with zero attached hydrogens (tertiary/aromatic N) is 3. The Morgan fingerprint density at radius 3 is 2.65 bits per heavy atom. The van der Waals surface area contributed by atoms with Crippen molar-refractivity contribution in [1.29, 1.82) is 0 Å². The Morgan fingerprint density at radius 1 is 1.45 bits per heavy atom. The fraction of sp³-hybridized carbons (Fsp3) is 0.231. The van der Waals surface area contributed by atoms with Crippen LogP contribution in [0.2, 0.25) is 5.02 Å². The molecule has 0 radical (unpaired) electrons. The first-order valence-electron chi connectivity index (χ1n) is 5.86. The maximum absolute atomic E-state index is 10.9. The van der Waals surface area contributed by atoms with Crippen LogP contribution in [0.3, 0.4) is 0 Å².